The van der Waals surface area contributed by atoms with Crippen LogP contribution in [0.25, 0.3) is 0 Å². The fraction of sp³-hybridized carbons (Fsp3) is 0.240. The molecule has 0 spiro atoms. The van der Waals surface area contributed by atoms with Crippen molar-refractivity contribution in [3.63, 3.8) is 0 Å². The normalized spacial score (nSPS) is 11.0. The first-order valence-corrected chi connectivity index (χ1v) is 10.2. The van der Waals surface area contributed by atoms with E-state index in [1.54, 1.807) is 57.2 Å². The molecule has 9 heteroatoms. The number of benzene rings is 2. The van der Waals surface area contributed by atoms with E-state index in [4.69, 9.17) is 15.1 Å². The fourth-order valence-electron chi connectivity index (χ4n) is 2.48. The van der Waals surface area contributed by atoms with Crippen molar-refractivity contribution in [3.8, 4) is 23.7 Å². The maximum atomic E-state index is 12.1. The number of hydroxylamine groups is 1. The van der Waals surface area contributed by atoms with Crippen molar-refractivity contribution >= 4 is 23.6 Å². The molecule has 5 N–H and O–H groups in total. The third-order valence-corrected chi connectivity index (χ3v) is 4.07. The monoisotopic (exact) mass is 463 g/mol. The SMILES string of the molecule is CC(C)(C)OC(=O)Nc1ccc(C#CC#Cc2ccc(C(=O)N[C@H](CO)C(=O)NO)cc2)cc1. The predicted molar refractivity (Wildman–Crippen MR) is 125 cm³/mol. The fourth-order valence-corrected chi connectivity index (χ4v) is 2.48. The molecule has 2 aromatic rings. The van der Waals surface area contributed by atoms with Crippen LogP contribution in [-0.4, -0.2) is 46.5 Å². The molecule has 0 aliphatic carbocycles. The van der Waals surface area contributed by atoms with E-state index < -0.39 is 36.2 Å². The van der Waals surface area contributed by atoms with E-state index in [1.165, 1.54) is 17.6 Å². The summed E-state index contributed by atoms with van der Waals surface area (Å²) in [6.45, 7) is 4.69. The Labute approximate surface area is 197 Å². The molecule has 176 valence electrons. The van der Waals surface area contributed by atoms with Crippen molar-refractivity contribution in [2.75, 3.05) is 11.9 Å². The van der Waals surface area contributed by atoms with Gasteiger partial charge in [-0.3, -0.25) is 20.1 Å². The molecular weight excluding hydrogens is 438 g/mol. The van der Waals surface area contributed by atoms with Gasteiger partial charge in [-0.05, 0) is 81.1 Å². The number of carbonyl (C=O) groups is 3. The molecule has 3 amide bonds. The van der Waals surface area contributed by atoms with E-state index in [9.17, 15) is 14.4 Å². The van der Waals surface area contributed by atoms with Crippen LogP contribution >= 0.6 is 0 Å². The molecule has 0 saturated carbocycles. The molecular formula is C25H25N3O6. The molecule has 34 heavy (non-hydrogen) atoms. The number of amides is 3. The number of hydrogen-bond acceptors (Lipinski definition) is 6. The maximum Gasteiger partial charge on any atom is 0.412 e. The lowest BCUT2D eigenvalue weighted by Crippen LogP contribution is -2.48. The predicted octanol–water partition coefficient (Wildman–Crippen LogP) is 2.03. The molecule has 2 aromatic carbocycles. The second-order valence-corrected chi connectivity index (χ2v) is 7.97. The molecule has 0 radical (unpaired) electrons. The minimum Gasteiger partial charge on any atom is -0.444 e. The van der Waals surface area contributed by atoms with E-state index in [2.05, 4.69) is 34.3 Å². The number of hydrogen-bond donors (Lipinski definition) is 5. The molecule has 0 aromatic heterocycles. The van der Waals surface area contributed by atoms with Gasteiger partial charge in [0.2, 0.25) is 0 Å². The molecule has 9 nitrogen and oxygen atoms in total. The van der Waals surface area contributed by atoms with Gasteiger partial charge in [0.1, 0.15) is 11.6 Å². The Balaban J connectivity index is 1.94. The Morgan fingerprint density at radius 3 is 1.94 bits per heavy atom. The van der Waals surface area contributed by atoms with Gasteiger partial charge in [-0.15, -0.1) is 0 Å². The molecule has 2 rings (SSSR count). The first-order chi connectivity index (χ1) is 16.1. The van der Waals surface area contributed by atoms with Gasteiger partial charge in [0.05, 0.1) is 6.61 Å². The van der Waals surface area contributed by atoms with Crippen molar-refractivity contribution in [3.05, 3.63) is 65.2 Å². The van der Waals surface area contributed by atoms with Gasteiger partial charge in [-0.2, -0.15) is 0 Å². The van der Waals surface area contributed by atoms with E-state index in [0.29, 0.717) is 16.8 Å². The summed E-state index contributed by atoms with van der Waals surface area (Å²) in [6, 6.07) is 11.9. The van der Waals surface area contributed by atoms with Crippen molar-refractivity contribution in [2.45, 2.75) is 32.4 Å². The van der Waals surface area contributed by atoms with Gasteiger partial charge in [-0.25, -0.2) is 10.3 Å². The highest BCUT2D eigenvalue weighted by molar-refractivity contribution is 5.97. The first-order valence-electron chi connectivity index (χ1n) is 10.2. The lowest BCUT2D eigenvalue weighted by atomic mass is 10.1. The average molecular weight is 463 g/mol. The second-order valence-electron chi connectivity index (χ2n) is 7.97. The highest BCUT2D eigenvalue weighted by Crippen LogP contribution is 2.12. The van der Waals surface area contributed by atoms with Gasteiger partial charge in [-0.1, -0.05) is 11.8 Å². The lowest BCUT2D eigenvalue weighted by molar-refractivity contribution is -0.132. The minimum atomic E-state index is -1.27. The summed E-state index contributed by atoms with van der Waals surface area (Å²) < 4.78 is 5.20. The van der Waals surface area contributed by atoms with Crippen LogP contribution in [0, 0.1) is 23.7 Å². The van der Waals surface area contributed by atoms with Crippen molar-refractivity contribution in [1.29, 1.82) is 0 Å². The zero-order valence-electron chi connectivity index (χ0n) is 18.9. The van der Waals surface area contributed by atoms with Gasteiger partial charge in [0.25, 0.3) is 11.8 Å². The Morgan fingerprint density at radius 1 is 0.941 bits per heavy atom. The van der Waals surface area contributed by atoms with Crippen LogP contribution in [0.15, 0.2) is 48.5 Å². The van der Waals surface area contributed by atoms with Gasteiger partial charge < -0.3 is 15.2 Å². The largest absolute Gasteiger partial charge is 0.444 e. The third kappa shape index (κ3) is 8.67. The van der Waals surface area contributed by atoms with Gasteiger partial charge in [0.15, 0.2) is 0 Å². The second kappa shape index (κ2) is 12.1. The van der Waals surface area contributed by atoms with E-state index in [-0.39, 0.29) is 5.56 Å². The average Bonchev–Trinajstić information content (AvgIpc) is 2.79. The van der Waals surface area contributed by atoms with Gasteiger partial charge in [0, 0.05) is 22.4 Å². The van der Waals surface area contributed by atoms with Crippen molar-refractivity contribution in [1.82, 2.24) is 10.8 Å². The van der Waals surface area contributed by atoms with Crippen LogP contribution < -0.4 is 16.1 Å². The quantitative estimate of drug-likeness (QED) is 0.261. The molecule has 0 bridgehead atoms. The highest BCUT2D eigenvalue weighted by atomic mass is 16.6. The Hall–Kier alpha value is -4.31. The molecule has 1 atom stereocenters. The van der Waals surface area contributed by atoms with Crippen LogP contribution in [0.3, 0.4) is 0 Å². The molecule has 0 aliphatic rings. The van der Waals surface area contributed by atoms with E-state index in [0.717, 1.165) is 0 Å². The summed E-state index contributed by atoms with van der Waals surface area (Å²) >= 11 is 0. The van der Waals surface area contributed by atoms with E-state index in [1.807, 2.05) is 0 Å². The summed E-state index contributed by atoms with van der Waals surface area (Å²) in [5.74, 6) is 9.68. The zero-order valence-corrected chi connectivity index (χ0v) is 18.9. The standard InChI is InChI=1S/C25H25N3O6/c1-25(2,3)34-24(32)26-20-14-10-18(11-15-20)7-5-4-6-17-8-12-19(13-9-17)22(30)27-21(16-29)23(31)28-33/h8-15,21,29,33H,16H2,1-3H3,(H,26,32)(H,27,30)(H,28,31)/t21-/m1/s1. The topological polar surface area (TPSA) is 137 Å². The number of rotatable bonds is 5. The van der Waals surface area contributed by atoms with Crippen LogP contribution in [0.4, 0.5) is 10.5 Å². The van der Waals surface area contributed by atoms with Crippen molar-refractivity contribution < 1.29 is 29.4 Å². The first kappa shape index (κ1) is 25.9. The Bertz CT molecular complexity index is 1140. The summed E-state index contributed by atoms with van der Waals surface area (Å²) in [5, 5.41) is 22.7. The highest BCUT2D eigenvalue weighted by Gasteiger charge is 2.20. The van der Waals surface area contributed by atoms with Crippen LogP contribution in [-0.2, 0) is 9.53 Å². The minimum absolute atomic E-state index is 0.251. The molecule has 0 aliphatic heterocycles. The Morgan fingerprint density at radius 2 is 1.47 bits per heavy atom. The summed E-state index contributed by atoms with van der Waals surface area (Å²) in [5.41, 5.74) is 2.95. The number of anilines is 1. The molecule has 0 unspecified atom stereocenters. The van der Waals surface area contributed by atoms with Crippen LogP contribution in [0.2, 0.25) is 0 Å². The smallest absolute Gasteiger partial charge is 0.412 e. The number of carbonyl (C=O) groups excluding carboxylic acids is 3. The Kier molecular flexibility index (Phi) is 9.21. The maximum absolute atomic E-state index is 12.1. The number of ether oxygens (including phenoxy) is 1. The van der Waals surface area contributed by atoms with Crippen LogP contribution in [0.1, 0.15) is 42.3 Å². The summed E-state index contributed by atoms with van der Waals surface area (Å²) in [4.78, 5) is 35.2. The van der Waals surface area contributed by atoms with Gasteiger partial charge >= 0.3 is 6.09 Å². The third-order valence-electron chi connectivity index (χ3n) is 4.07. The van der Waals surface area contributed by atoms with Crippen molar-refractivity contribution in [2.24, 2.45) is 0 Å². The van der Waals surface area contributed by atoms with E-state index >= 15 is 0 Å². The number of nitrogens with one attached hydrogen (secondary N) is 3. The number of aliphatic hydroxyl groups is 1. The summed E-state index contributed by atoms with van der Waals surface area (Å²) in [7, 11) is 0. The van der Waals surface area contributed by atoms with Crippen LogP contribution in [0.5, 0.6) is 0 Å². The molecule has 0 heterocycles. The molecule has 0 saturated heterocycles. The zero-order chi connectivity index (χ0) is 25.1. The lowest BCUT2D eigenvalue weighted by Gasteiger charge is -2.19. The molecule has 0 fully saturated rings. The number of aliphatic hydroxyl groups excluding tert-OH is 1. The summed E-state index contributed by atoms with van der Waals surface area (Å²) in [6.07, 6.45) is -0.537.